The lowest BCUT2D eigenvalue weighted by Gasteiger charge is -2.13. The van der Waals surface area contributed by atoms with Crippen LogP contribution in [0.25, 0.3) is 6.08 Å². The number of hydrogen-bond acceptors (Lipinski definition) is 5. The third kappa shape index (κ3) is 5.94. The first kappa shape index (κ1) is 21.2. The van der Waals surface area contributed by atoms with E-state index in [1.54, 1.807) is 45.6 Å². The van der Waals surface area contributed by atoms with Gasteiger partial charge in [-0.15, -0.1) is 0 Å². The Morgan fingerprint density at radius 1 is 0.964 bits per heavy atom. The lowest BCUT2D eigenvalue weighted by Crippen LogP contribution is -2.09. The zero-order valence-electron chi connectivity index (χ0n) is 16.9. The van der Waals surface area contributed by atoms with Crippen LogP contribution in [0.1, 0.15) is 19.4 Å². The van der Waals surface area contributed by atoms with Crippen molar-refractivity contribution in [2.24, 2.45) is 5.92 Å². The fraction of sp³-hybridized carbons (Fsp3) is 0.318. The van der Waals surface area contributed by atoms with Gasteiger partial charge in [0.2, 0.25) is 5.91 Å². The molecule has 150 valence electrons. The van der Waals surface area contributed by atoms with Gasteiger partial charge < -0.3 is 24.3 Å². The third-order valence-corrected chi connectivity index (χ3v) is 3.85. The number of nitrogens with one attached hydrogen (secondary N) is 1. The smallest absolute Gasteiger partial charge is 0.248 e. The van der Waals surface area contributed by atoms with Crippen LogP contribution in [0.2, 0.25) is 0 Å². The summed E-state index contributed by atoms with van der Waals surface area (Å²) in [5.74, 6) is 2.61. The van der Waals surface area contributed by atoms with Crippen LogP contribution in [-0.2, 0) is 4.79 Å². The van der Waals surface area contributed by atoms with Gasteiger partial charge in [-0.3, -0.25) is 4.79 Å². The summed E-state index contributed by atoms with van der Waals surface area (Å²) in [4.78, 5) is 12.3. The molecule has 0 bridgehead atoms. The molecule has 1 amide bonds. The normalized spacial score (nSPS) is 10.8. The summed E-state index contributed by atoms with van der Waals surface area (Å²) < 4.78 is 21.6. The Morgan fingerprint density at radius 2 is 1.68 bits per heavy atom. The summed E-state index contributed by atoms with van der Waals surface area (Å²) in [5.41, 5.74) is 1.35. The van der Waals surface area contributed by atoms with Crippen LogP contribution in [0.5, 0.6) is 23.0 Å². The molecule has 0 unspecified atom stereocenters. The number of methoxy groups -OCH3 is 3. The largest absolute Gasteiger partial charge is 0.497 e. The highest BCUT2D eigenvalue weighted by Crippen LogP contribution is 2.30. The van der Waals surface area contributed by atoms with Gasteiger partial charge in [0.15, 0.2) is 11.5 Å². The zero-order valence-corrected chi connectivity index (χ0v) is 16.9. The summed E-state index contributed by atoms with van der Waals surface area (Å²) in [6, 6.07) is 10.7. The second kappa shape index (κ2) is 10.3. The van der Waals surface area contributed by atoms with Crippen LogP contribution in [0.15, 0.2) is 42.5 Å². The van der Waals surface area contributed by atoms with Crippen molar-refractivity contribution in [3.63, 3.8) is 0 Å². The van der Waals surface area contributed by atoms with Crippen molar-refractivity contribution in [2.75, 3.05) is 33.3 Å². The minimum absolute atomic E-state index is 0.286. The molecular weight excluding hydrogens is 358 g/mol. The molecule has 0 spiro atoms. The second-order valence-electron chi connectivity index (χ2n) is 6.50. The molecule has 0 aliphatic carbocycles. The Kier molecular flexibility index (Phi) is 7.75. The van der Waals surface area contributed by atoms with Gasteiger partial charge in [-0.05, 0) is 41.8 Å². The molecule has 0 aliphatic rings. The van der Waals surface area contributed by atoms with Gasteiger partial charge in [0.25, 0.3) is 0 Å². The molecule has 1 N–H and O–H groups in total. The molecule has 0 saturated carbocycles. The number of rotatable bonds is 9. The van der Waals surface area contributed by atoms with E-state index < -0.39 is 0 Å². The Balaban J connectivity index is 2.10. The van der Waals surface area contributed by atoms with Crippen LogP contribution < -0.4 is 24.3 Å². The molecule has 2 aromatic carbocycles. The van der Waals surface area contributed by atoms with Gasteiger partial charge in [0.1, 0.15) is 11.5 Å². The first-order chi connectivity index (χ1) is 13.5. The second-order valence-corrected chi connectivity index (χ2v) is 6.50. The standard InChI is InChI=1S/C22H27NO5/c1-15(2)14-28-20-9-6-16(12-21(20)27-5)7-11-22(24)23-18-13-17(25-3)8-10-19(18)26-4/h6-13,15H,14H2,1-5H3,(H,23,24)/b11-7+. The molecule has 0 fully saturated rings. The summed E-state index contributed by atoms with van der Waals surface area (Å²) in [6.07, 6.45) is 3.15. The van der Waals surface area contributed by atoms with Crippen LogP contribution in [-0.4, -0.2) is 33.8 Å². The number of carbonyl (C=O) groups excluding carboxylic acids is 1. The summed E-state index contributed by atoms with van der Waals surface area (Å²) >= 11 is 0. The maximum absolute atomic E-state index is 12.3. The van der Waals surface area contributed by atoms with Crippen molar-refractivity contribution < 1.29 is 23.7 Å². The quantitative estimate of drug-likeness (QED) is 0.648. The number of ether oxygens (including phenoxy) is 4. The van der Waals surface area contributed by atoms with E-state index in [-0.39, 0.29) is 5.91 Å². The average Bonchev–Trinajstić information content (AvgIpc) is 2.70. The Bertz CT molecular complexity index is 830. The molecule has 0 aliphatic heterocycles. The predicted octanol–water partition coefficient (Wildman–Crippen LogP) is 4.40. The lowest BCUT2D eigenvalue weighted by molar-refractivity contribution is -0.111. The first-order valence-electron chi connectivity index (χ1n) is 8.98. The summed E-state index contributed by atoms with van der Waals surface area (Å²) in [7, 11) is 4.70. The number of hydrogen-bond donors (Lipinski definition) is 1. The molecule has 0 saturated heterocycles. The van der Waals surface area contributed by atoms with E-state index in [1.807, 2.05) is 18.2 Å². The average molecular weight is 385 g/mol. The van der Waals surface area contributed by atoms with Gasteiger partial charge in [0.05, 0.1) is 33.6 Å². The zero-order chi connectivity index (χ0) is 20.5. The highest BCUT2D eigenvalue weighted by Gasteiger charge is 2.08. The van der Waals surface area contributed by atoms with Crippen LogP contribution in [0.4, 0.5) is 5.69 Å². The maximum atomic E-state index is 12.3. The molecule has 6 heteroatoms. The van der Waals surface area contributed by atoms with Gasteiger partial charge >= 0.3 is 0 Å². The van der Waals surface area contributed by atoms with Crippen molar-refractivity contribution in [3.8, 4) is 23.0 Å². The highest BCUT2D eigenvalue weighted by molar-refractivity contribution is 6.02. The fourth-order valence-electron chi connectivity index (χ4n) is 2.42. The first-order valence-corrected chi connectivity index (χ1v) is 8.98. The molecule has 6 nitrogen and oxygen atoms in total. The van der Waals surface area contributed by atoms with Crippen molar-refractivity contribution in [2.45, 2.75) is 13.8 Å². The SMILES string of the molecule is COc1ccc(OC)c(NC(=O)/C=C/c2ccc(OCC(C)C)c(OC)c2)c1. The fourth-order valence-corrected chi connectivity index (χ4v) is 2.42. The summed E-state index contributed by atoms with van der Waals surface area (Å²) in [5, 5.41) is 2.79. The summed E-state index contributed by atoms with van der Waals surface area (Å²) in [6.45, 7) is 4.77. The van der Waals surface area contributed by atoms with Crippen molar-refractivity contribution in [1.82, 2.24) is 0 Å². The molecular formula is C22H27NO5. The van der Waals surface area contributed by atoms with E-state index in [0.717, 1.165) is 5.56 Å². The third-order valence-electron chi connectivity index (χ3n) is 3.85. The van der Waals surface area contributed by atoms with E-state index in [4.69, 9.17) is 18.9 Å². The Hall–Kier alpha value is -3.15. The van der Waals surface area contributed by atoms with Crippen molar-refractivity contribution in [1.29, 1.82) is 0 Å². The number of amides is 1. The Labute approximate surface area is 166 Å². The van der Waals surface area contributed by atoms with Gasteiger partial charge in [-0.25, -0.2) is 0 Å². The van der Waals surface area contributed by atoms with Crippen LogP contribution >= 0.6 is 0 Å². The lowest BCUT2D eigenvalue weighted by atomic mass is 10.2. The van der Waals surface area contributed by atoms with E-state index in [1.165, 1.54) is 6.08 Å². The van der Waals surface area contributed by atoms with E-state index in [0.29, 0.717) is 41.2 Å². The van der Waals surface area contributed by atoms with Crippen LogP contribution in [0.3, 0.4) is 0 Å². The number of benzene rings is 2. The molecule has 0 heterocycles. The molecule has 0 atom stereocenters. The van der Waals surface area contributed by atoms with E-state index >= 15 is 0 Å². The minimum Gasteiger partial charge on any atom is -0.497 e. The minimum atomic E-state index is -0.286. The van der Waals surface area contributed by atoms with E-state index in [2.05, 4.69) is 19.2 Å². The molecule has 28 heavy (non-hydrogen) atoms. The molecule has 0 aromatic heterocycles. The van der Waals surface area contributed by atoms with Gasteiger partial charge in [-0.1, -0.05) is 19.9 Å². The monoisotopic (exact) mass is 385 g/mol. The van der Waals surface area contributed by atoms with Gasteiger partial charge in [0, 0.05) is 12.1 Å². The van der Waals surface area contributed by atoms with Crippen molar-refractivity contribution in [3.05, 3.63) is 48.0 Å². The molecule has 2 rings (SSSR count). The number of carbonyl (C=O) groups is 1. The molecule has 2 aromatic rings. The molecule has 0 radical (unpaired) electrons. The number of anilines is 1. The highest BCUT2D eigenvalue weighted by atomic mass is 16.5. The van der Waals surface area contributed by atoms with Crippen LogP contribution in [0, 0.1) is 5.92 Å². The van der Waals surface area contributed by atoms with E-state index in [9.17, 15) is 4.79 Å². The van der Waals surface area contributed by atoms with Crippen molar-refractivity contribution >= 4 is 17.7 Å². The Morgan fingerprint density at radius 3 is 2.32 bits per heavy atom. The topological polar surface area (TPSA) is 66.0 Å². The maximum Gasteiger partial charge on any atom is 0.248 e. The van der Waals surface area contributed by atoms with Gasteiger partial charge in [-0.2, -0.15) is 0 Å². The predicted molar refractivity (Wildman–Crippen MR) is 111 cm³/mol.